The maximum Gasteiger partial charge on any atom is 0.225 e. The van der Waals surface area contributed by atoms with Gasteiger partial charge in [0, 0.05) is 30.3 Å². The van der Waals surface area contributed by atoms with E-state index < -0.39 is 0 Å². The summed E-state index contributed by atoms with van der Waals surface area (Å²) in [5.41, 5.74) is 1.41. The third-order valence-electron chi connectivity index (χ3n) is 3.94. The number of amides is 1. The zero-order valence-corrected chi connectivity index (χ0v) is 12.2. The minimum absolute atomic E-state index is 0.0299. The van der Waals surface area contributed by atoms with Gasteiger partial charge in [-0.1, -0.05) is 6.92 Å². The summed E-state index contributed by atoms with van der Waals surface area (Å²) in [4.78, 5) is 25.4. The number of carbonyl (C=O) groups is 2. The number of nitrogens with zero attached hydrogens (tertiary/aromatic N) is 1. The molecule has 4 nitrogen and oxygen atoms in total. The maximum absolute atomic E-state index is 11.9. The van der Waals surface area contributed by atoms with E-state index in [0.717, 1.165) is 25.2 Å². The molecular formula is C16H22N2O2. The summed E-state index contributed by atoms with van der Waals surface area (Å²) in [6, 6.07) is 7.68. The predicted molar refractivity (Wildman–Crippen MR) is 80.0 cm³/mol. The smallest absolute Gasteiger partial charge is 0.225 e. The minimum atomic E-state index is 0.0299. The lowest BCUT2D eigenvalue weighted by molar-refractivity contribution is -0.117. The molecule has 1 atom stereocenters. The zero-order chi connectivity index (χ0) is 14.5. The number of benzene rings is 1. The molecule has 0 aliphatic carbocycles. The number of hydrogen-bond acceptors (Lipinski definition) is 3. The fourth-order valence-electron chi connectivity index (χ4n) is 2.51. The first-order chi connectivity index (χ1) is 9.60. The fraction of sp³-hybridized carbons (Fsp3) is 0.500. The predicted octanol–water partition coefficient (Wildman–Crippen LogP) is 2.70. The average molecular weight is 274 g/mol. The molecular weight excluding hydrogens is 252 g/mol. The van der Waals surface area contributed by atoms with Crippen molar-refractivity contribution in [3.63, 3.8) is 0 Å². The van der Waals surface area contributed by atoms with E-state index in [2.05, 4.69) is 17.1 Å². The Morgan fingerprint density at radius 3 is 2.50 bits per heavy atom. The Labute approximate surface area is 120 Å². The molecule has 20 heavy (non-hydrogen) atoms. The second kappa shape index (κ2) is 6.66. The maximum atomic E-state index is 11.9. The number of rotatable bonds is 6. The highest BCUT2D eigenvalue weighted by molar-refractivity contribution is 5.95. The van der Waals surface area contributed by atoms with Crippen LogP contribution in [0.4, 0.5) is 5.69 Å². The van der Waals surface area contributed by atoms with Crippen molar-refractivity contribution in [1.29, 1.82) is 0 Å². The molecule has 0 saturated carbocycles. The molecule has 0 radical (unpaired) electrons. The lowest BCUT2D eigenvalue weighted by atomic mass is 10.0. The minimum Gasteiger partial charge on any atom is -0.326 e. The van der Waals surface area contributed by atoms with Gasteiger partial charge in [-0.05, 0) is 50.6 Å². The molecule has 1 aromatic carbocycles. The monoisotopic (exact) mass is 274 g/mol. The Morgan fingerprint density at radius 2 is 2.00 bits per heavy atom. The summed E-state index contributed by atoms with van der Waals surface area (Å²) in [5.74, 6) is 0.0635. The van der Waals surface area contributed by atoms with E-state index in [1.807, 2.05) is 0 Å². The molecule has 2 rings (SSSR count). The molecule has 4 heteroatoms. The van der Waals surface area contributed by atoms with Crippen LogP contribution in [0.15, 0.2) is 24.3 Å². The molecule has 0 bridgehead atoms. The van der Waals surface area contributed by atoms with Gasteiger partial charge in [-0.3, -0.25) is 14.5 Å². The van der Waals surface area contributed by atoms with Crippen molar-refractivity contribution in [3.05, 3.63) is 29.8 Å². The molecule has 1 aromatic rings. The van der Waals surface area contributed by atoms with Crippen LogP contribution in [0.25, 0.3) is 0 Å². The number of nitrogens with one attached hydrogen (secondary N) is 1. The van der Waals surface area contributed by atoms with E-state index in [1.54, 1.807) is 24.3 Å². The summed E-state index contributed by atoms with van der Waals surface area (Å²) in [7, 11) is 0. The number of Topliss-reactive ketones (excluding diaryl/α,β-unsaturated/α-hetero) is 1. The first kappa shape index (κ1) is 14.7. The van der Waals surface area contributed by atoms with Gasteiger partial charge >= 0.3 is 0 Å². The van der Waals surface area contributed by atoms with E-state index >= 15 is 0 Å². The van der Waals surface area contributed by atoms with Crippen LogP contribution in [0.5, 0.6) is 0 Å². The van der Waals surface area contributed by atoms with Gasteiger partial charge in [0.05, 0.1) is 0 Å². The molecule has 1 aliphatic heterocycles. The van der Waals surface area contributed by atoms with E-state index in [0.29, 0.717) is 18.0 Å². The average Bonchev–Trinajstić information content (AvgIpc) is 2.38. The lowest BCUT2D eigenvalue weighted by Crippen LogP contribution is -2.48. The van der Waals surface area contributed by atoms with E-state index in [1.165, 1.54) is 13.3 Å². The van der Waals surface area contributed by atoms with Crippen LogP contribution < -0.4 is 5.32 Å². The van der Waals surface area contributed by atoms with Crippen molar-refractivity contribution in [2.24, 2.45) is 0 Å². The molecule has 1 amide bonds. The molecule has 1 unspecified atom stereocenters. The van der Waals surface area contributed by atoms with Crippen LogP contribution in [0, 0.1) is 0 Å². The zero-order valence-electron chi connectivity index (χ0n) is 12.2. The lowest BCUT2D eigenvalue weighted by Gasteiger charge is -2.40. The van der Waals surface area contributed by atoms with Crippen molar-refractivity contribution in [2.75, 3.05) is 18.4 Å². The second-order valence-corrected chi connectivity index (χ2v) is 5.32. The van der Waals surface area contributed by atoms with Crippen LogP contribution in [-0.2, 0) is 4.79 Å². The van der Waals surface area contributed by atoms with Crippen LogP contribution in [0.3, 0.4) is 0 Å². The standard InChI is InChI=1S/C16H22N2O2/c1-3-15-8-10-18(15)11-9-16(20)17-14-6-4-13(5-7-14)12(2)19/h4-7,15H,3,8-11H2,1-2H3,(H,17,20). The Bertz CT molecular complexity index is 480. The van der Waals surface area contributed by atoms with Crippen molar-refractivity contribution >= 4 is 17.4 Å². The van der Waals surface area contributed by atoms with Crippen LogP contribution in [-0.4, -0.2) is 35.7 Å². The fourth-order valence-corrected chi connectivity index (χ4v) is 2.51. The molecule has 1 aliphatic rings. The first-order valence-corrected chi connectivity index (χ1v) is 7.25. The van der Waals surface area contributed by atoms with Gasteiger partial charge in [-0.15, -0.1) is 0 Å². The van der Waals surface area contributed by atoms with Crippen LogP contribution >= 0.6 is 0 Å². The summed E-state index contributed by atoms with van der Waals surface area (Å²) in [6.07, 6.45) is 2.93. The molecule has 1 fully saturated rings. The van der Waals surface area contributed by atoms with Gasteiger partial charge < -0.3 is 5.32 Å². The Kier molecular flexibility index (Phi) is 4.90. The quantitative estimate of drug-likeness (QED) is 0.811. The molecule has 0 aromatic heterocycles. The number of carbonyl (C=O) groups excluding carboxylic acids is 2. The van der Waals surface area contributed by atoms with Crippen molar-refractivity contribution in [2.45, 2.75) is 39.2 Å². The van der Waals surface area contributed by atoms with Crippen molar-refractivity contribution < 1.29 is 9.59 Å². The molecule has 108 valence electrons. The van der Waals surface area contributed by atoms with Crippen molar-refractivity contribution in [3.8, 4) is 0 Å². The summed E-state index contributed by atoms with van der Waals surface area (Å²) < 4.78 is 0. The van der Waals surface area contributed by atoms with Gasteiger partial charge in [0.1, 0.15) is 0 Å². The number of hydrogen-bond donors (Lipinski definition) is 1. The van der Waals surface area contributed by atoms with E-state index in [-0.39, 0.29) is 11.7 Å². The highest BCUT2D eigenvalue weighted by atomic mass is 16.1. The summed E-state index contributed by atoms with van der Waals surface area (Å²) in [5, 5.41) is 2.87. The van der Waals surface area contributed by atoms with Gasteiger partial charge in [0.25, 0.3) is 0 Å². The van der Waals surface area contributed by atoms with Gasteiger partial charge in [0.15, 0.2) is 5.78 Å². The van der Waals surface area contributed by atoms with Crippen molar-refractivity contribution in [1.82, 2.24) is 4.90 Å². The number of ketones is 1. The second-order valence-electron chi connectivity index (χ2n) is 5.32. The molecule has 1 saturated heterocycles. The third kappa shape index (κ3) is 3.67. The number of anilines is 1. The highest BCUT2D eigenvalue weighted by Crippen LogP contribution is 2.20. The summed E-state index contributed by atoms with van der Waals surface area (Å²) in [6.45, 7) is 5.66. The SMILES string of the molecule is CCC1CCN1CCC(=O)Nc1ccc(C(C)=O)cc1. The summed E-state index contributed by atoms with van der Waals surface area (Å²) >= 11 is 0. The Balaban J connectivity index is 1.78. The molecule has 1 heterocycles. The number of likely N-dealkylation sites (tertiary alicyclic amines) is 1. The van der Waals surface area contributed by atoms with Crippen LogP contribution in [0.2, 0.25) is 0 Å². The van der Waals surface area contributed by atoms with Gasteiger partial charge in [-0.25, -0.2) is 0 Å². The topological polar surface area (TPSA) is 49.4 Å². The van der Waals surface area contributed by atoms with Gasteiger partial charge in [0.2, 0.25) is 5.91 Å². The Hall–Kier alpha value is -1.68. The molecule has 0 spiro atoms. The third-order valence-corrected chi connectivity index (χ3v) is 3.94. The molecule has 1 N–H and O–H groups in total. The largest absolute Gasteiger partial charge is 0.326 e. The normalized spacial score (nSPS) is 18.4. The van der Waals surface area contributed by atoms with Crippen LogP contribution in [0.1, 0.15) is 43.5 Å². The first-order valence-electron chi connectivity index (χ1n) is 7.25. The Morgan fingerprint density at radius 1 is 1.30 bits per heavy atom. The highest BCUT2D eigenvalue weighted by Gasteiger charge is 2.25. The van der Waals surface area contributed by atoms with Gasteiger partial charge in [-0.2, -0.15) is 0 Å². The van der Waals surface area contributed by atoms with E-state index in [9.17, 15) is 9.59 Å². The van der Waals surface area contributed by atoms with E-state index in [4.69, 9.17) is 0 Å².